The number of nitrogens with one attached hydrogen (secondary N) is 1. The van der Waals surface area contributed by atoms with Gasteiger partial charge < -0.3 is 9.88 Å². The molecule has 1 fully saturated rings. The highest BCUT2D eigenvalue weighted by atomic mass is 32.2. The van der Waals surface area contributed by atoms with E-state index in [4.69, 9.17) is 0 Å². The Labute approximate surface area is 118 Å². The number of imidazole rings is 1. The van der Waals surface area contributed by atoms with Crippen LogP contribution in [0.5, 0.6) is 0 Å². The second kappa shape index (κ2) is 5.28. The fraction of sp³-hybridized carbons (Fsp3) is 0.357. The summed E-state index contributed by atoms with van der Waals surface area (Å²) < 4.78 is 25.2. The third-order valence-electron chi connectivity index (χ3n) is 3.48. The lowest BCUT2D eigenvalue weighted by molar-refractivity contribution is 0.562. The molecule has 0 spiro atoms. The summed E-state index contributed by atoms with van der Waals surface area (Å²) in [5.74, 6) is 0.544. The zero-order valence-electron chi connectivity index (χ0n) is 11.1. The van der Waals surface area contributed by atoms with E-state index in [0.717, 1.165) is 24.2 Å². The quantitative estimate of drug-likeness (QED) is 0.937. The number of nitrogens with zero attached hydrogens (tertiary/aromatic N) is 2. The van der Waals surface area contributed by atoms with Gasteiger partial charge in [-0.2, -0.15) is 0 Å². The first-order valence-corrected chi connectivity index (χ1v) is 8.50. The molecule has 5 nitrogen and oxygen atoms in total. The fourth-order valence-corrected chi connectivity index (χ4v) is 4.18. The molecule has 0 saturated carbocycles. The largest absolute Gasteiger partial charge is 0.381 e. The Balaban J connectivity index is 1.76. The van der Waals surface area contributed by atoms with E-state index in [1.54, 1.807) is 12.5 Å². The Hall–Kier alpha value is -1.82. The first-order valence-electron chi connectivity index (χ1n) is 6.68. The van der Waals surface area contributed by atoms with Crippen LogP contribution in [-0.4, -0.2) is 35.5 Å². The van der Waals surface area contributed by atoms with Gasteiger partial charge in [-0.25, -0.2) is 13.4 Å². The lowest BCUT2D eigenvalue weighted by Gasteiger charge is -2.24. The molecule has 1 atom stereocenters. The Morgan fingerprint density at radius 1 is 1.35 bits per heavy atom. The van der Waals surface area contributed by atoms with Crippen molar-refractivity contribution >= 4 is 15.5 Å². The average molecular weight is 291 g/mol. The van der Waals surface area contributed by atoms with Crippen LogP contribution in [0.2, 0.25) is 0 Å². The van der Waals surface area contributed by atoms with E-state index in [1.807, 2.05) is 35.0 Å². The molecule has 1 aromatic heterocycles. The van der Waals surface area contributed by atoms with E-state index in [2.05, 4.69) is 10.3 Å². The van der Waals surface area contributed by atoms with Crippen LogP contribution in [0.1, 0.15) is 12.8 Å². The molecule has 1 aromatic carbocycles. The van der Waals surface area contributed by atoms with Crippen LogP contribution < -0.4 is 5.32 Å². The zero-order chi connectivity index (χ0) is 14.0. The van der Waals surface area contributed by atoms with Crippen molar-refractivity contribution in [1.29, 1.82) is 0 Å². The maximum Gasteiger partial charge on any atom is 0.152 e. The smallest absolute Gasteiger partial charge is 0.152 e. The molecule has 1 aliphatic rings. The van der Waals surface area contributed by atoms with Crippen molar-refractivity contribution in [2.75, 3.05) is 16.8 Å². The Morgan fingerprint density at radius 3 is 3.00 bits per heavy atom. The fourth-order valence-electron chi connectivity index (χ4n) is 2.54. The number of hydrogen-bond acceptors (Lipinski definition) is 4. The molecular formula is C14H17N3O2S. The van der Waals surface area contributed by atoms with Gasteiger partial charge in [0.1, 0.15) is 0 Å². The molecule has 0 amide bonds. The van der Waals surface area contributed by atoms with Gasteiger partial charge in [0.25, 0.3) is 0 Å². The third-order valence-corrected chi connectivity index (χ3v) is 5.30. The Bertz CT molecular complexity index is 680. The highest BCUT2D eigenvalue weighted by Gasteiger charge is 2.24. The summed E-state index contributed by atoms with van der Waals surface area (Å²) in [6, 6.07) is 7.91. The Morgan fingerprint density at radius 2 is 2.25 bits per heavy atom. The van der Waals surface area contributed by atoms with Crippen LogP contribution in [0.25, 0.3) is 5.69 Å². The third kappa shape index (κ3) is 3.01. The van der Waals surface area contributed by atoms with Gasteiger partial charge in [-0.15, -0.1) is 0 Å². The molecule has 1 N–H and O–H groups in total. The second-order valence-corrected chi connectivity index (χ2v) is 7.35. The number of hydrogen-bond donors (Lipinski definition) is 1. The molecule has 0 bridgehead atoms. The second-order valence-electron chi connectivity index (χ2n) is 5.12. The minimum absolute atomic E-state index is 0.00628. The topological polar surface area (TPSA) is 64.0 Å². The molecule has 6 heteroatoms. The molecular weight excluding hydrogens is 274 g/mol. The monoisotopic (exact) mass is 291 g/mol. The number of anilines is 1. The normalized spacial score (nSPS) is 21.5. The molecule has 20 heavy (non-hydrogen) atoms. The molecule has 1 unspecified atom stereocenters. The zero-order valence-corrected chi connectivity index (χ0v) is 11.9. The first kappa shape index (κ1) is 13.2. The van der Waals surface area contributed by atoms with Gasteiger partial charge >= 0.3 is 0 Å². The van der Waals surface area contributed by atoms with Crippen molar-refractivity contribution < 1.29 is 8.42 Å². The molecule has 0 radical (unpaired) electrons. The van der Waals surface area contributed by atoms with E-state index in [-0.39, 0.29) is 11.8 Å². The van der Waals surface area contributed by atoms with Crippen molar-refractivity contribution in [2.45, 2.75) is 18.9 Å². The van der Waals surface area contributed by atoms with Gasteiger partial charge in [0.15, 0.2) is 9.84 Å². The van der Waals surface area contributed by atoms with Crippen LogP contribution in [0.3, 0.4) is 0 Å². The summed E-state index contributed by atoms with van der Waals surface area (Å²) in [6.45, 7) is 0. The summed E-state index contributed by atoms with van der Waals surface area (Å²) in [4.78, 5) is 4.03. The van der Waals surface area contributed by atoms with Gasteiger partial charge in [0.2, 0.25) is 0 Å². The van der Waals surface area contributed by atoms with Crippen LogP contribution in [-0.2, 0) is 9.84 Å². The Kier molecular flexibility index (Phi) is 3.48. The molecule has 106 valence electrons. The van der Waals surface area contributed by atoms with Crippen LogP contribution >= 0.6 is 0 Å². The van der Waals surface area contributed by atoms with Crippen LogP contribution in [0.15, 0.2) is 43.0 Å². The number of aromatic nitrogens is 2. The van der Waals surface area contributed by atoms with Crippen LogP contribution in [0.4, 0.5) is 5.69 Å². The predicted molar refractivity (Wildman–Crippen MR) is 78.9 cm³/mol. The van der Waals surface area contributed by atoms with E-state index >= 15 is 0 Å². The van der Waals surface area contributed by atoms with Crippen LogP contribution in [0, 0.1) is 0 Å². The SMILES string of the molecule is O=S1(=O)CCCC(Nc2cccc(-n3ccnc3)c2)C1. The summed E-state index contributed by atoms with van der Waals surface area (Å²) in [6.07, 6.45) is 6.98. The van der Waals surface area contributed by atoms with E-state index in [9.17, 15) is 8.42 Å². The van der Waals surface area contributed by atoms with Gasteiger partial charge in [-0.1, -0.05) is 6.07 Å². The highest BCUT2D eigenvalue weighted by Crippen LogP contribution is 2.19. The molecule has 0 aliphatic carbocycles. The first-order chi connectivity index (χ1) is 9.62. The summed E-state index contributed by atoms with van der Waals surface area (Å²) >= 11 is 0. The average Bonchev–Trinajstić information content (AvgIpc) is 2.91. The van der Waals surface area contributed by atoms with Crippen molar-refractivity contribution in [1.82, 2.24) is 9.55 Å². The van der Waals surface area contributed by atoms with Gasteiger partial charge in [-0.05, 0) is 31.0 Å². The maximum atomic E-state index is 11.7. The standard InChI is InChI=1S/C14H17N3O2S/c18-20(19)8-2-4-13(10-20)16-12-3-1-5-14(9-12)17-7-6-15-11-17/h1,3,5-7,9,11,13,16H,2,4,8,10H2. The summed E-state index contributed by atoms with van der Waals surface area (Å²) in [7, 11) is -2.88. The van der Waals surface area contributed by atoms with Crippen molar-refractivity contribution in [3.63, 3.8) is 0 Å². The lowest BCUT2D eigenvalue weighted by Crippen LogP contribution is -2.34. The number of sulfone groups is 1. The number of rotatable bonds is 3. The van der Waals surface area contributed by atoms with E-state index in [0.29, 0.717) is 5.75 Å². The lowest BCUT2D eigenvalue weighted by atomic mass is 10.1. The molecule has 1 aliphatic heterocycles. The minimum Gasteiger partial charge on any atom is -0.381 e. The summed E-state index contributed by atoms with van der Waals surface area (Å²) in [5, 5.41) is 3.33. The summed E-state index contributed by atoms with van der Waals surface area (Å²) in [5.41, 5.74) is 1.95. The van der Waals surface area contributed by atoms with E-state index in [1.165, 1.54) is 0 Å². The maximum absolute atomic E-state index is 11.7. The molecule has 2 aromatic rings. The van der Waals surface area contributed by atoms with Gasteiger partial charge in [0.05, 0.1) is 17.8 Å². The molecule has 2 heterocycles. The van der Waals surface area contributed by atoms with E-state index < -0.39 is 9.84 Å². The molecule has 1 saturated heterocycles. The minimum atomic E-state index is -2.88. The molecule has 3 rings (SSSR count). The predicted octanol–water partition coefficient (Wildman–Crippen LogP) is 1.86. The number of benzene rings is 1. The van der Waals surface area contributed by atoms with Gasteiger partial charge in [-0.3, -0.25) is 0 Å². The van der Waals surface area contributed by atoms with Crippen molar-refractivity contribution in [2.24, 2.45) is 0 Å². The van der Waals surface area contributed by atoms with Crippen molar-refractivity contribution in [3.05, 3.63) is 43.0 Å². The highest BCUT2D eigenvalue weighted by molar-refractivity contribution is 7.91. The van der Waals surface area contributed by atoms with Gasteiger partial charge in [0, 0.05) is 29.8 Å². The van der Waals surface area contributed by atoms with Crippen molar-refractivity contribution in [3.8, 4) is 5.69 Å².